The molecular formula is C17H24N6S. The van der Waals surface area contributed by atoms with E-state index in [-0.39, 0.29) is 0 Å². The van der Waals surface area contributed by atoms with E-state index in [0.717, 1.165) is 62.2 Å². The molecule has 0 aromatic carbocycles. The van der Waals surface area contributed by atoms with Crippen LogP contribution in [0.4, 0.5) is 10.9 Å². The lowest BCUT2D eigenvalue weighted by Gasteiger charge is -2.27. The Hall–Kier alpha value is -1.76. The summed E-state index contributed by atoms with van der Waals surface area (Å²) in [6.45, 7) is 8.04. The fourth-order valence-electron chi connectivity index (χ4n) is 3.69. The Morgan fingerprint density at radius 2 is 1.58 bits per heavy atom. The maximum Gasteiger partial charge on any atom is 0.205 e. The van der Waals surface area contributed by atoms with Gasteiger partial charge in [0.2, 0.25) is 5.13 Å². The molecule has 0 saturated carbocycles. The highest BCUT2D eigenvalue weighted by atomic mass is 32.1. The molecule has 2 aliphatic rings. The molecule has 6 nitrogen and oxygen atoms in total. The molecule has 1 saturated heterocycles. The zero-order chi connectivity index (χ0) is 16.5. The van der Waals surface area contributed by atoms with E-state index in [0.29, 0.717) is 0 Å². The number of aryl methyl sites for hydroxylation is 3. The topological polar surface area (TPSA) is 58.0 Å². The van der Waals surface area contributed by atoms with E-state index in [2.05, 4.69) is 19.2 Å². The normalized spacial score (nSPS) is 18.4. The first-order valence-electron chi connectivity index (χ1n) is 8.87. The maximum atomic E-state index is 4.82. The summed E-state index contributed by atoms with van der Waals surface area (Å²) in [5.41, 5.74) is 2.68. The van der Waals surface area contributed by atoms with E-state index in [1.807, 2.05) is 13.8 Å². The van der Waals surface area contributed by atoms with Gasteiger partial charge in [0.15, 0.2) is 0 Å². The number of aromatic nitrogens is 4. The summed E-state index contributed by atoms with van der Waals surface area (Å²) < 4.78 is 4.32. The van der Waals surface area contributed by atoms with Crippen molar-refractivity contribution in [3.05, 3.63) is 22.9 Å². The zero-order valence-electron chi connectivity index (χ0n) is 14.5. The molecule has 1 aliphatic heterocycles. The Kier molecular flexibility index (Phi) is 4.35. The van der Waals surface area contributed by atoms with Crippen LogP contribution in [0.3, 0.4) is 0 Å². The summed E-state index contributed by atoms with van der Waals surface area (Å²) in [6, 6.07) is 0. The maximum absolute atomic E-state index is 4.82. The lowest BCUT2D eigenvalue weighted by molar-refractivity contribution is 0.650. The summed E-state index contributed by atoms with van der Waals surface area (Å²) in [7, 11) is 0. The Bertz CT molecular complexity index is 728. The van der Waals surface area contributed by atoms with Crippen molar-refractivity contribution in [3.8, 4) is 0 Å². The minimum absolute atomic E-state index is 0.872. The quantitative estimate of drug-likeness (QED) is 0.834. The molecule has 3 heterocycles. The van der Waals surface area contributed by atoms with Crippen molar-refractivity contribution in [1.29, 1.82) is 0 Å². The predicted octanol–water partition coefficient (Wildman–Crippen LogP) is 2.54. The molecule has 0 unspecified atom stereocenters. The molecule has 1 fully saturated rings. The summed E-state index contributed by atoms with van der Waals surface area (Å²) in [5, 5.41) is 1.05. The van der Waals surface area contributed by atoms with Gasteiger partial charge in [-0.15, -0.1) is 0 Å². The number of hydrogen-bond acceptors (Lipinski definition) is 7. The largest absolute Gasteiger partial charge is 0.354 e. The van der Waals surface area contributed by atoms with Crippen molar-refractivity contribution in [2.75, 3.05) is 36.0 Å². The van der Waals surface area contributed by atoms with Crippen LogP contribution in [0.15, 0.2) is 0 Å². The molecular weight excluding hydrogens is 320 g/mol. The van der Waals surface area contributed by atoms with Gasteiger partial charge < -0.3 is 9.80 Å². The van der Waals surface area contributed by atoms with Crippen LogP contribution in [0.2, 0.25) is 0 Å². The van der Waals surface area contributed by atoms with Gasteiger partial charge in [-0.25, -0.2) is 15.0 Å². The first kappa shape index (κ1) is 15.7. The molecule has 0 spiro atoms. The Labute approximate surface area is 147 Å². The van der Waals surface area contributed by atoms with Gasteiger partial charge >= 0.3 is 0 Å². The van der Waals surface area contributed by atoms with Crippen molar-refractivity contribution in [2.45, 2.75) is 46.0 Å². The summed E-state index contributed by atoms with van der Waals surface area (Å²) >= 11 is 1.51. The number of fused-ring (bicyclic) bond motifs is 1. The van der Waals surface area contributed by atoms with E-state index in [1.54, 1.807) is 0 Å². The smallest absolute Gasteiger partial charge is 0.205 e. The summed E-state index contributed by atoms with van der Waals surface area (Å²) in [4.78, 5) is 18.9. The van der Waals surface area contributed by atoms with Crippen molar-refractivity contribution in [2.24, 2.45) is 0 Å². The Morgan fingerprint density at radius 3 is 2.42 bits per heavy atom. The Balaban J connectivity index is 1.56. The zero-order valence-corrected chi connectivity index (χ0v) is 15.3. The second kappa shape index (κ2) is 6.63. The average Bonchev–Trinajstić information content (AvgIpc) is 2.87. The fourth-order valence-corrected chi connectivity index (χ4v) is 4.42. The van der Waals surface area contributed by atoms with Gasteiger partial charge in [-0.3, -0.25) is 0 Å². The number of nitrogens with zero attached hydrogens (tertiary/aromatic N) is 6. The van der Waals surface area contributed by atoms with Gasteiger partial charge in [-0.05, 0) is 46.0 Å². The molecule has 0 bridgehead atoms. The first-order valence-corrected chi connectivity index (χ1v) is 9.64. The monoisotopic (exact) mass is 344 g/mol. The molecule has 1 aliphatic carbocycles. The van der Waals surface area contributed by atoms with Crippen LogP contribution in [0.25, 0.3) is 0 Å². The van der Waals surface area contributed by atoms with Gasteiger partial charge in [0.1, 0.15) is 17.5 Å². The average molecular weight is 344 g/mol. The third-order valence-electron chi connectivity index (χ3n) is 4.86. The number of hydrogen-bond donors (Lipinski definition) is 0. The standard InChI is InChI=1S/C17H24N6S/c1-12-18-15-7-4-3-6-14(15)16(19-12)22-8-5-9-23(11-10-22)17-20-13(2)21-24-17/h3-11H2,1-2H3. The molecule has 2 aromatic heterocycles. The molecule has 0 amide bonds. The van der Waals surface area contributed by atoms with Gasteiger partial charge in [0, 0.05) is 49.0 Å². The highest BCUT2D eigenvalue weighted by molar-refractivity contribution is 7.09. The van der Waals surface area contributed by atoms with Crippen molar-refractivity contribution in [1.82, 2.24) is 19.3 Å². The van der Waals surface area contributed by atoms with E-state index < -0.39 is 0 Å². The molecule has 0 atom stereocenters. The molecule has 0 N–H and O–H groups in total. The number of rotatable bonds is 2. The Morgan fingerprint density at radius 1 is 0.792 bits per heavy atom. The van der Waals surface area contributed by atoms with Gasteiger partial charge in [-0.1, -0.05) is 0 Å². The molecule has 24 heavy (non-hydrogen) atoms. The number of anilines is 2. The highest BCUT2D eigenvalue weighted by Crippen LogP contribution is 2.29. The molecule has 7 heteroatoms. The van der Waals surface area contributed by atoms with E-state index in [1.165, 1.54) is 41.4 Å². The summed E-state index contributed by atoms with van der Waals surface area (Å²) in [6.07, 6.45) is 5.87. The summed E-state index contributed by atoms with van der Waals surface area (Å²) in [5.74, 6) is 2.97. The van der Waals surface area contributed by atoms with Crippen LogP contribution < -0.4 is 9.80 Å². The first-order chi connectivity index (χ1) is 11.7. The van der Waals surface area contributed by atoms with Crippen molar-refractivity contribution >= 4 is 22.5 Å². The molecule has 2 aromatic rings. The molecule has 0 radical (unpaired) electrons. The van der Waals surface area contributed by atoms with Gasteiger partial charge in [-0.2, -0.15) is 4.37 Å². The van der Waals surface area contributed by atoms with Crippen molar-refractivity contribution in [3.63, 3.8) is 0 Å². The minimum atomic E-state index is 0.872. The third kappa shape index (κ3) is 3.09. The van der Waals surface area contributed by atoms with E-state index >= 15 is 0 Å². The second-order valence-electron chi connectivity index (χ2n) is 6.68. The van der Waals surface area contributed by atoms with Gasteiger partial charge in [0.05, 0.1) is 0 Å². The van der Waals surface area contributed by atoms with Crippen LogP contribution in [0.1, 0.15) is 42.2 Å². The van der Waals surface area contributed by atoms with Crippen LogP contribution in [0.5, 0.6) is 0 Å². The highest BCUT2D eigenvalue weighted by Gasteiger charge is 2.24. The lowest BCUT2D eigenvalue weighted by atomic mass is 9.96. The third-order valence-corrected chi connectivity index (χ3v) is 5.72. The van der Waals surface area contributed by atoms with E-state index in [4.69, 9.17) is 9.97 Å². The van der Waals surface area contributed by atoms with Crippen LogP contribution in [-0.4, -0.2) is 45.5 Å². The SMILES string of the molecule is Cc1nsc(N2CCCN(c3nc(C)nc4c3CCCC4)CC2)n1. The minimum Gasteiger partial charge on any atom is -0.354 e. The van der Waals surface area contributed by atoms with Gasteiger partial charge in [0.25, 0.3) is 0 Å². The van der Waals surface area contributed by atoms with Crippen LogP contribution >= 0.6 is 11.5 Å². The fraction of sp³-hybridized carbons (Fsp3) is 0.647. The molecule has 128 valence electrons. The van der Waals surface area contributed by atoms with Crippen LogP contribution in [0, 0.1) is 13.8 Å². The van der Waals surface area contributed by atoms with Crippen molar-refractivity contribution < 1.29 is 0 Å². The second-order valence-corrected chi connectivity index (χ2v) is 7.41. The van der Waals surface area contributed by atoms with Crippen LogP contribution in [-0.2, 0) is 12.8 Å². The predicted molar refractivity (Wildman–Crippen MR) is 97.1 cm³/mol. The van der Waals surface area contributed by atoms with E-state index in [9.17, 15) is 0 Å². The lowest BCUT2D eigenvalue weighted by Crippen LogP contribution is -2.32. The molecule has 4 rings (SSSR count).